The molecule has 0 fully saturated rings. The van der Waals surface area contributed by atoms with Crippen molar-refractivity contribution in [3.05, 3.63) is 158 Å². The van der Waals surface area contributed by atoms with Crippen LogP contribution in [-0.4, -0.2) is 19.9 Å². The van der Waals surface area contributed by atoms with Crippen molar-refractivity contribution in [1.82, 2.24) is 19.9 Å². The maximum absolute atomic E-state index is 6.54. The van der Waals surface area contributed by atoms with Crippen LogP contribution in [0.2, 0.25) is 0 Å². The van der Waals surface area contributed by atoms with Crippen molar-refractivity contribution in [3.8, 4) is 45.6 Å². The van der Waals surface area contributed by atoms with Crippen LogP contribution in [0.15, 0.2) is 171 Å². The maximum atomic E-state index is 6.54. The van der Waals surface area contributed by atoms with Crippen molar-refractivity contribution < 1.29 is 13.3 Å². The minimum absolute atomic E-state index is 0.545. The van der Waals surface area contributed by atoms with Crippen LogP contribution in [0.25, 0.3) is 122 Å². The van der Waals surface area contributed by atoms with Gasteiger partial charge in [-0.05, 0) is 64.7 Å². The van der Waals surface area contributed by atoms with Gasteiger partial charge in [0.05, 0.1) is 0 Å². The molecule has 12 rings (SSSR count). The lowest BCUT2D eigenvalue weighted by Crippen LogP contribution is -2.01. The topological polar surface area (TPSA) is 91.0 Å². The number of benzene rings is 8. The van der Waals surface area contributed by atoms with E-state index in [4.69, 9.17) is 33.2 Å². The highest BCUT2D eigenvalue weighted by Gasteiger charge is 2.21. The second-order valence-corrected chi connectivity index (χ2v) is 13.8. The van der Waals surface area contributed by atoms with Crippen LogP contribution in [0, 0.1) is 0 Å². The number of furan rings is 2. The van der Waals surface area contributed by atoms with Gasteiger partial charge >= 0.3 is 0 Å². The predicted octanol–water partition coefficient (Wildman–Crippen LogP) is 12.8. The number of hydrogen-bond donors (Lipinski definition) is 0. The number of oxazole rings is 1. The molecule has 4 heterocycles. The average Bonchev–Trinajstić information content (AvgIpc) is 3.97. The molecule has 256 valence electrons. The smallest absolute Gasteiger partial charge is 0.227 e. The number of aromatic nitrogens is 4. The van der Waals surface area contributed by atoms with E-state index in [-0.39, 0.29) is 0 Å². The second kappa shape index (κ2) is 11.4. The Morgan fingerprint density at radius 1 is 0.345 bits per heavy atom. The highest BCUT2D eigenvalue weighted by atomic mass is 16.3. The predicted molar refractivity (Wildman–Crippen MR) is 219 cm³/mol. The van der Waals surface area contributed by atoms with Crippen molar-refractivity contribution in [2.75, 3.05) is 0 Å². The van der Waals surface area contributed by atoms with Crippen LogP contribution < -0.4 is 0 Å². The third kappa shape index (κ3) is 4.57. The first-order valence-electron chi connectivity index (χ1n) is 18.1. The molecule has 4 aromatic heterocycles. The summed E-state index contributed by atoms with van der Waals surface area (Å²) in [5, 5.41) is 8.06. The fourth-order valence-corrected chi connectivity index (χ4v) is 8.03. The lowest BCUT2D eigenvalue weighted by atomic mass is 9.99. The normalized spacial score (nSPS) is 12.0. The molecule has 0 aliphatic heterocycles. The Balaban J connectivity index is 1.13. The maximum Gasteiger partial charge on any atom is 0.227 e. The van der Waals surface area contributed by atoms with Crippen LogP contribution >= 0.6 is 0 Å². The molecule has 0 radical (unpaired) electrons. The Kier molecular flexibility index (Phi) is 6.21. The van der Waals surface area contributed by atoms with Crippen molar-refractivity contribution in [2.45, 2.75) is 0 Å². The molecule has 12 aromatic rings. The van der Waals surface area contributed by atoms with E-state index >= 15 is 0 Å². The minimum atomic E-state index is 0.545. The fourth-order valence-electron chi connectivity index (χ4n) is 8.03. The Morgan fingerprint density at radius 3 is 1.60 bits per heavy atom. The largest absolute Gasteiger partial charge is 0.456 e. The minimum Gasteiger partial charge on any atom is -0.456 e. The zero-order chi connectivity index (χ0) is 36.0. The second-order valence-electron chi connectivity index (χ2n) is 13.8. The number of para-hydroxylation sites is 2. The zero-order valence-corrected chi connectivity index (χ0v) is 29.0. The molecule has 0 bridgehead atoms. The number of rotatable bonds is 4. The Hall–Kier alpha value is -7.64. The molecular weight excluding hydrogens is 681 g/mol. The lowest BCUT2D eigenvalue weighted by molar-refractivity contribution is 0.623. The first-order chi connectivity index (χ1) is 27.2. The van der Waals surface area contributed by atoms with Crippen molar-refractivity contribution in [3.63, 3.8) is 0 Å². The van der Waals surface area contributed by atoms with Gasteiger partial charge in [0, 0.05) is 49.2 Å². The van der Waals surface area contributed by atoms with E-state index in [1.807, 2.05) is 97.1 Å². The molecule has 0 amide bonds. The van der Waals surface area contributed by atoms with E-state index in [0.717, 1.165) is 98.8 Å². The molecule has 0 aliphatic rings. The summed E-state index contributed by atoms with van der Waals surface area (Å²) in [4.78, 5) is 20.6. The van der Waals surface area contributed by atoms with Gasteiger partial charge in [-0.25, -0.2) is 19.9 Å². The zero-order valence-electron chi connectivity index (χ0n) is 29.0. The molecule has 8 aromatic carbocycles. The Labute approximate surface area is 312 Å². The highest BCUT2D eigenvalue weighted by molar-refractivity contribution is 6.19. The summed E-state index contributed by atoms with van der Waals surface area (Å²) >= 11 is 0. The molecule has 0 atom stereocenters. The monoisotopic (exact) mass is 706 g/mol. The van der Waals surface area contributed by atoms with Gasteiger partial charge in [-0.15, -0.1) is 0 Å². The summed E-state index contributed by atoms with van der Waals surface area (Å²) < 4.78 is 19.1. The van der Waals surface area contributed by atoms with Crippen molar-refractivity contribution >= 4 is 76.5 Å². The quantitative estimate of drug-likeness (QED) is 0.168. The lowest BCUT2D eigenvalue weighted by Gasteiger charge is -2.11. The molecule has 7 nitrogen and oxygen atoms in total. The summed E-state index contributed by atoms with van der Waals surface area (Å²) in [7, 11) is 0. The third-order valence-electron chi connectivity index (χ3n) is 10.6. The van der Waals surface area contributed by atoms with Crippen LogP contribution in [0.4, 0.5) is 0 Å². The standard InChI is InChI=1S/C48H26N4O3/c1-2-10-29(11-3-1)48-49-36-25-24-28-22-20-27-21-23-30(26-35(27)41(28)44(36)55-48)45-50-46(33-14-8-18-39-42(33)31-12-4-6-16-37(31)53-39)52-47(51-45)34-15-9-19-40-43(34)32-13-5-7-17-38(32)54-40/h1-26H. The Morgan fingerprint density at radius 2 is 0.909 bits per heavy atom. The van der Waals surface area contributed by atoms with Gasteiger partial charge < -0.3 is 13.3 Å². The van der Waals surface area contributed by atoms with E-state index in [1.165, 1.54) is 0 Å². The molecule has 55 heavy (non-hydrogen) atoms. The third-order valence-corrected chi connectivity index (χ3v) is 10.6. The molecule has 0 spiro atoms. The van der Waals surface area contributed by atoms with E-state index in [1.54, 1.807) is 0 Å². The van der Waals surface area contributed by atoms with E-state index < -0.39 is 0 Å². The van der Waals surface area contributed by atoms with Gasteiger partial charge in [-0.1, -0.05) is 109 Å². The van der Waals surface area contributed by atoms with Gasteiger partial charge in [-0.3, -0.25) is 0 Å². The van der Waals surface area contributed by atoms with Gasteiger partial charge in [0.1, 0.15) is 27.8 Å². The number of nitrogens with zero attached hydrogens (tertiary/aromatic N) is 4. The van der Waals surface area contributed by atoms with Crippen molar-refractivity contribution in [1.29, 1.82) is 0 Å². The van der Waals surface area contributed by atoms with Crippen LogP contribution in [0.1, 0.15) is 0 Å². The molecule has 0 saturated carbocycles. The first-order valence-corrected chi connectivity index (χ1v) is 18.1. The fraction of sp³-hybridized carbons (Fsp3) is 0. The van der Waals surface area contributed by atoms with E-state index in [0.29, 0.717) is 23.4 Å². The highest BCUT2D eigenvalue weighted by Crippen LogP contribution is 2.40. The molecule has 7 heteroatoms. The van der Waals surface area contributed by atoms with Gasteiger partial charge in [0.2, 0.25) is 5.89 Å². The van der Waals surface area contributed by atoms with Gasteiger partial charge in [-0.2, -0.15) is 0 Å². The summed E-state index contributed by atoms with van der Waals surface area (Å²) in [6.45, 7) is 0. The molecule has 0 N–H and O–H groups in total. The summed E-state index contributed by atoms with van der Waals surface area (Å²) in [6.07, 6.45) is 0. The van der Waals surface area contributed by atoms with Gasteiger partial charge in [0.15, 0.2) is 23.1 Å². The number of fused-ring (bicyclic) bond motifs is 11. The molecule has 0 saturated heterocycles. The SMILES string of the molecule is c1ccc(-c2nc3ccc4ccc5ccc(-c6nc(-c7cccc8oc9ccccc9c78)nc(-c7cccc8oc9ccccc9c78)n6)cc5c4c3o2)cc1. The summed E-state index contributed by atoms with van der Waals surface area (Å²) in [5.74, 6) is 2.23. The van der Waals surface area contributed by atoms with Crippen LogP contribution in [0.5, 0.6) is 0 Å². The van der Waals surface area contributed by atoms with Crippen molar-refractivity contribution in [2.24, 2.45) is 0 Å². The Bertz CT molecular complexity index is 3370. The first kappa shape index (κ1) is 29.9. The van der Waals surface area contributed by atoms with Gasteiger partial charge in [0.25, 0.3) is 0 Å². The number of hydrogen-bond acceptors (Lipinski definition) is 7. The summed E-state index contributed by atoms with van der Waals surface area (Å²) in [6, 6.07) is 53.0. The van der Waals surface area contributed by atoms with Crippen LogP contribution in [0.3, 0.4) is 0 Å². The molecular formula is C48H26N4O3. The summed E-state index contributed by atoms with van der Waals surface area (Å²) in [5.41, 5.74) is 8.20. The van der Waals surface area contributed by atoms with E-state index in [2.05, 4.69) is 60.7 Å². The van der Waals surface area contributed by atoms with E-state index in [9.17, 15) is 0 Å². The molecule has 0 unspecified atom stereocenters. The average molecular weight is 707 g/mol. The molecule has 0 aliphatic carbocycles. The van der Waals surface area contributed by atoms with Crippen LogP contribution in [-0.2, 0) is 0 Å².